The first kappa shape index (κ1) is 13.4. The van der Waals surface area contributed by atoms with E-state index in [1.165, 1.54) is 5.57 Å². The van der Waals surface area contributed by atoms with Gasteiger partial charge in [-0.05, 0) is 62.0 Å². The average Bonchev–Trinajstić information content (AvgIpc) is 2.76. The summed E-state index contributed by atoms with van der Waals surface area (Å²) in [6.45, 7) is 4.50. The van der Waals surface area contributed by atoms with Crippen LogP contribution in [0.2, 0.25) is 0 Å². The second kappa shape index (κ2) is 4.14. The average molecular weight is 283 g/mol. The molecule has 3 saturated carbocycles. The van der Waals surface area contributed by atoms with Crippen molar-refractivity contribution in [3.05, 3.63) is 29.2 Å². The van der Waals surface area contributed by atoms with Gasteiger partial charge >= 0.3 is 0 Å². The monoisotopic (exact) mass is 283 g/mol. The molecule has 0 amide bonds. The van der Waals surface area contributed by atoms with Gasteiger partial charge in [-0.25, -0.2) is 0 Å². The van der Waals surface area contributed by atoms with Gasteiger partial charge in [-0.15, -0.1) is 0 Å². The van der Waals surface area contributed by atoms with E-state index in [2.05, 4.69) is 19.6 Å². The lowest BCUT2D eigenvalue weighted by molar-refractivity contribution is -0.131. The van der Waals surface area contributed by atoms with Crippen molar-refractivity contribution >= 4 is 5.78 Å². The van der Waals surface area contributed by atoms with Gasteiger partial charge in [0.15, 0.2) is 0 Å². The number of hydrogen-bond acceptors (Lipinski definition) is 1. The van der Waals surface area contributed by atoms with Gasteiger partial charge in [0.1, 0.15) is 5.78 Å². The minimum atomic E-state index is -0.0589. The molecule has 0 heterocycles. The third kappa shape index (κ3) is 1.63. The van der Waals surface area contributed by atoms with Crippen LogP contribution in [0.1, 0.15) is 52.4 Å². The number of fused-ring (bicyclic) bond motifs is 5. The fourth-order valence-electron chi connectivity index (χ4n) is 5.88. The summed E-state index contributed by atoms with van der Waals surface area (Å²) in [6, 6.07) is 0. The molecule has 1 radical (unpaired) electrons. The Hall–Kier alpha value is -1.27. The molecule has 0 spiro atoms. The molecule has 4 aliphatic carbocycles. The van der Waals surface area contributed by atoms with Crippen molar-refractivity contribution in [1.29, 1.82) is 0 Å². The molecule has 3 fully saturated rings. The molecule has 0 bridgehead atoms. The Kier molecular flexibility index (Phi) is 2.64. The number of rotatable bonds is 0. The summed E-state index contributed by atoms with van der Waals surface area (Å²) in [6.07, 6.45) is 10.0. The van der Waals surface area contributed by atoms with Crippen LogP contribution in [-0.2, 0) is 9.90 Å². The van der Waals surface area contributed by atoms with Gasteiger partial charge in [0.25, 0.3) is 0 Å². The Morgan fingerprint density at radius 3 is 2.76 bits per heavy atom. The minimum absolute atomic E-state index is 0.00376. The normalized spacial score (nSPS) is 48.1. The van der Waals surface area contributed by atoms with E-state index in [1.54, 1.807) is 0 Å². The van der Waals surface area contributed by atoms with Crippen LogP contribution in [0.3, 0.4) is 0 Å². The summed E-state index contributed by atoms with van der Waals surface area (Å²) in [5.74, 6) is 2.31. The Bertz CT molecular complexity index is 607. The first-order valence-corrected chi connectivity index (χ1v) is 8.34. The molecule has 0 unspecified atom stereocenters. The van der Waals surface area contributed by atoms with Crippen molar-refractivity contribution in [2.45, 2.75) is 52.4 Å². The van der Waals surface area contributed by atoms with Crippen LogP contribution in [0, 0.1) is 28.6 Å². The van der Waals surface area contributed by atoms with Crippen LogP contribution < -0.4 is 0 Å². The van der Waals surface area contributed by atoms with E-state index in [0.717, 1.165) is 38.5 Å². The van der Waals surface area contributed by atoms with E-state index in [-0.39, 0.29) is 16.6 Å². The van der Waals surface area contributed by atoms with E-state index in [1.807, 2.05) is 12.2 Å². The molecule has 5 atom stereocenters. The zero-order valence-corrected chi connectivity index (χ0v) is 12.9. The van der Waals surface area contributed by atoms with Crippen molar-refractivity contribution in [3.63, 3.8) is 0 Å². The highest BCUT2D eigenvalue weighted by Crippen LogP contribution is 2.63. The standard InChI is InChI=1S/C19H23O2/c1-18-9-7-13(20)11-12(18)3-4-14-15-5-6-17(21)19(15,2)10-8-16(14)18/h9,11,14-16H,3-6,8,10H2,1-2H3/t14-,15-,16-,18-,19-/m0/s1. The Morgan fingerprint density at radius 2 is 1.95 bits per heavy atom. The lowest BCUT2D eigenvalue weighted by atomic mass is 9.49. The number of Topliss-reactive ketones (excluding diaryl/α,β-unsaturated/α-hetero) is 1. The van der Waals surface area contributed by atoms with Crippen LogP contribution in [-0.4, -0.2) is 5.78 Å². The predicted octanol–water partition coefficient (Wildman–Crippen LogP) is 4.21. The SMILES string of the molecule is C[C@]12C=C=C([O])C=C1CC[C@@H]1[C@@H]2CC[C@]2(C)C(=O)CC[C@@H]12. The van der Waals surface area contributed by atoms with Gasteiger partial charge in [-0.2, -0.15) is 0 Å². The maximum Gasteiger partial charge on any atom is 0.220 e. The molecule has 0 aromatic heterocycles. The quantitative estimate of drug-likeness (QED) is 0.614. The molecule has 0 saturated heterocycles. The highest BCUT2D eigenvalue weighted by atomic mass is 16.3. The topological polar surface area (TPSA) is 37.0 Å². The van der Waals surface area contributed by atoms with Crippen LogP contribution >= 0.6 is 0 Å². The maximum atomic E-state index is 12.3. The maximum absolute atomic E-state index is 12.3. The van der Waals surface area contributed by atoms with Gasteiger partial charge < -0.3 is 0 Å². The zero-order valence-electron chi connectivity index (χ0n) is 12.9. The molecule has 111 valence electrons. The molecule has 2 heteroatoms. The largest absolute Gasteiger partial charge is 0.299 e. The first-order valence-electron chi connectivity index (χ1n) is 8.34. The van der Waals surface area contributed by atoms with Gasteiger partial charge in [-0.1, -0.05) is 25.2 Å². The van der Waals surface area contributed by atoms with E-state index in [9.17, 15) is 9.90 Å². The molecule has 21 heavy (non-hydrogen) atoms. The lowest BCUT2D eigenvalue weighted by Crippen LogP contribution is -2.49. The summed E-state index contributed by atoms with van der Waals surface area (Å²) in [5.41, 5.74) is 4.18. The van der Waals surface area contributed by atoms with Crippen molar-refractivity contribution in [3.8, 4) is 0 Å². The van der Waals surface area contributed by atoms with Crippen LogP contribution in [0.15, 0.2) is 29.2 Å². The highest BCUT2D eigenvalue weighted by Gasteiger charge is 2.58. The minimum Gasteiger partial charge on any atom is -0.299 e. The molecule has 4 aliphatic rings. The number of carbonyl (C=O) groups is 1. The number of hydrogen-bond donors (Lipinski definition) is 0. The van der Waals surface area contributed by atoms with Crippen LogP contribution in [0.4, 0.5) is 0 Å². The van der Waals surface area contributed by atoms with E-state index in [4.69, 9.17) is 0 Å². The smallest absolute Gasteiger partial charge is 0.220 e. The van der Waals surface area contributed by atoms with Crippen molar-refractivity contribution in [1.82, 2.24) is 0 Å². The molecule has 0 aromatic rings. The number of allylic oxidation sites excluding steroid dienone is 2. The van der Waals surface area contributed by atoms with Gasteiger partial charge in [0, 0.05) is 17.3 Å². The summed E-state index contributed by atoms with van der Waals surface area (Å²) in [7, 11) is 0. The second-order valence-electron chi connectivity index (χ2n) is 7.94. The second-order valence-corrected chi connectivity index (χ2v) is 7.94. The molecule has 4 rings (SSSR count). The number of carbonyl (C=O) groups excluding carboxylic acids is 1. The fourth-order valence-corrected chi connectivity index (χ4v) is 5.88. The van der Waals surface area contributed by atoms with Crippen LogP contribution in [0.25, 0.3) is 0 Å². The van der Waals surface area contributed by atoms with Gasteiger partial charge in [0.05, 0.1) is 0 Å². The molecule has 0 aromatic carbocycles. The third-order valence-electron chi connectivity index (χ3n) is 7.17. The Labute approximate surface area is 126 Å². The summed E-state index contributed by atoms with van der Waals surface area (Å²) in [5, 5.41) is 11.6. The van der Waals surface area contributed by atoms with Crippen molar-refractivity contribution < 1.29 is 9.90 Å². The van der Waals surface area contributed by atoms with Crippen LogP contribution in [0.5, 0.6) is 0 Å². The van der Waals surface area contributed by atoms with Crippen molar-refractivity contribution in [2.75, 3.05) is 0 Å². The molecule has 2 nitrogen and oxygen atoms in total. The molecule has 0 aliphatic heterocycles. The molecule has 0 N–H and O–H groups in total. The Balaban J connectivity index is 1.74. The third-order valence-corrected chi connectivity index (χ3v) is 7.17. The summed E-state index contributed by atoms with van der Waals surface area (Å²) >= 11 is 0. The van der Waals surface area contributed by atoms with Crippen molar-refractivity contribution in [2.24, 2.45) is 28.6 Å². The first-order chi connectivity index (χ1) is 9.95. The molecular weight excluding hydrogens is 260 g/mol. The van der Waals surface area contributed by atoms with Gasteiger partial charge in [-0.3, -0.25) is 9.90 Å². The van der Waals surface area contributed by atoms with Gasteiger partial charge in [0.2, 0.25) is 5.76 Å². The molecular formula is C19H23O2. The number of ketones is 1. The van der Waals surface area contributed by atoms with E-state index >= 15 is 0 Å². The highest BCUT2D eigenvalue weighted by molar-refractivity contribution is 5.87. The fraction of sp³-hybridized carbons (Fsp3) is 0.684. The zero-order chi connectivity index (χ0) is 14.8. The summed E-state index contributed by atoms with van der Waals surface area (Å²) in [4.78, 5) is 12.3. The predicted molar refractivity (Wildman–Crippen MR) is 79.8 cm³/mol. The summed E-state index contributed by atoms with van der Waals surface area (Å²) < 4.78 is 0. The van der Waals surface area contributed by atoms with E-state index in [0.29, 0.717) is 23.5 Å². The van der Waals surface area contributed by atoms with E-state index < -0.39 is 0 Å². The Morgan fingerprint density at radius 1 is 1.14 bits per heavy atom. The lowest BCUT2D eigenvalue weighted by Gasteiger charge is -2.55.